The smallest absolute Gasteiger partial charge is 0.271 e. The van der Waals surface area contributed by atoms with Crippen molar-refractivity contribution in [1.29, 1.82) is 0 Å². The number of aromatic nitrogens is 3. The fourth-order valence-corrected chi connectivity index (χ4v) is 2.65. The minimum atomic E-state index is -0.0670. The number of aryl methyl sites for hydroxylation is 1. The van der Waals surface area contributed by atoms with Crippen molar-refractivity contribution in [3.8, 4) is 16.9 Å². The van der Waals surface area contributed by atoms with Crippen molar-refractivity contribution in [2.24, 2.45) is 0 Å². The van der Waals surface area contributed by atoms with Crippen molar-refractivity contribution >= 4 is 0 Å². The summed E-state index contributed by atoms with van der Waals surface area (Å²) in [6, 6.07) is 13.6. The highest BCUT2D eigenvalue weighted by atomic mass is 16.1. The maximum Gasteiger partial charge on any atom is 0.271 e. The lowest BCUT2D eigenvalue weighted by atomic mass is 10.1. The maximum atomic E-state index is 12.2. The van der Waals surface area contributed by atoms with Crippen molar-refractivity contribution in [3.05, 3.63) is 70.8 Å². The van der Waals surface area contributed by atoms with Crippen LogP contribution in [-0.4, -0.2) is 14.8 Å². The molecule has 1 aromatic carbocycles. The second kappa shape index (κ2) is 7.09. The van der Waals surface area contributed by atoms with Gasteiger partial charge in [-0.1, -0.05) is 31.9 Å². The van der Waals surface area contributed by atoms with Crippen LogP contribution in [0.3, 0.4) is 0 Å². The predicted octanol–water partition coefficient (Wildman–Crippen LogP) is 3.96. The van der Waals surface area contributed by atoms with Gasteiger partial charge in [0.25, 0.3) is 5.56 Å². The topological polar surface area (TPSA) is 50.7 Å². The molecule has 0 saturated carbocycles. The lowest BCUT2D eigenvalue weighted by Crippen LogP contribution is -2.13. The number of aromatic amines is 1. The Morgan fingerprint density at radius 3 is 2.65 bits per heavy atom. The summed E-state index contributed by atoms with van der Waals surface area (Å²) in [6.45, 7) is 2.21. The first kappa shape index (κ1) is 15.3. The van der Waals surface area contributed by atoms with E-state index in [1.54, 1.807) is 23.1 Å². The van der Waals surface area contributed by atoms with Gasteiger partial charge in [0, 0.05) is 24.0 Å². The number of nitrogens with one attached hydrogen (secondary N) is 1. The summed E-state index contributed by atoms with van der Waals surface area (Å²) in [6.07, 6.45) is 8.25. The Hall–Kier alpha value is -2.62. The van der Waals surface area contributed by atoms with Crippen LogP contribution in [0.4, 0.5) is 0 Å². The predicted molar refractivity (Wildman–Crippen MR) is 92.8 cm³/mol. The number of hydrogen-bond acceptors (Lipinski definition) is 2. The Balaban J connectivity index is 1.82. The third-order valence-corrected chi connectivity index (χ3v) is 3.96. The first-order valence-electron chi connectivity index (χ1n) is 8.09. The molecule has 0 aliphatic rings. The lowest BCUT2D eigenvalue weighted by molar-refractivity contribution is 0.717. The van der Waals surface area contributed by atoms with Crippen LogP contribution in [0.25, 0.3) is 16.9 Å². The third kappa shape index (κ3) is 3.59. The summed E-state index contributed by atoms with van der Waals surface area (Å²) in [4.78, 5) is 16.3. The molecule has 0 atom stereocenters. The molecule has 3 rings (SSSR count). The zero-order valence-corrected chi connectivity index (χ0v) is 13.3. The molecule has 118 valence electrons. The minimum Gasteiger partial charge on any atom is -0.290 e. The highest BCUT2D eigenvalue weighted by Crippen LogP contribution is 2.15. The number of rotatable bonds is 6. The quantitative estimate of drug-likeness (QED) is 0.701. The van der Waals surface area contributed by atoms with E-state index in [4.69, 9.17) is 0 Å². The van der Waals surface area contributed by atoms with E-state index >= 15 is 0 Å². The van der Waals surface area contributed by atoms with Gasteiger partial charge in [-0.2, -0.15) is 0 Å². The fraction of sp³-hybridized carbons (Fsp3) is 0.263. The minimum absolute atomic E-state index is 0.0670. The van der Waals surface area contributed by atoms with Crippen molar-refractivity contribution < 1.29 is 0 Å². The molecule has 1 N–H and O–H groups in total. The molecule has 3 aromatic rings. The molecule has 0 aliphatic carbocycles. The first-order valence-corrected chi connectivity index (χ1v) is 8.09. The van der Waals surface area contributed by atoms with E-state index in [1.165, 1.54) is 24.8 Å². The standard InChI is InChI=1S/C19H21N3O/c1-2-3-4-6-15-8-10-17(11-9-15)22-19(23)13-18(21-22)16-7-5-12-20-14-16/h5,7-14,21H,2-4,6H2,1H3. The summed E-state index contributed by atoms with van der Waals surface area (Å²) in [7, 11) is 0. The van der Waals surface area contributed by atoms with Gasteiger partial charge in [-0.3, -0.25) is 14.9 Å². The molecule has 23 heavy (non-hydrogen) atoms. The van der Waals surface area contributed by atoms with E-state index in [-0.39, 0.29) is 5.56 Å². The van der Waals surface area contributed by atoms with E-state index in [9.17, 15) is 4.79 Å². The zero-order valence-electron chi connectivity index (χ0n) is 13.3. The SMILES string of the molecule is CCCCCc1ccc(-n2[nH]c(-c3cccnc3)cc2=O)cc1. The summed E-state index contributed by atoms with van der Waals surface area (Å²) >= 11 is 0. The zero-order chi connectivity index (χ0) is 16.1. The second-order valence-electron chi connectivity index (χ2n) is 5.71. The largest absolute Gasteiger partial charge is 0.290 e. The van der Waals surface area contributed by atoms with Crippen LogP contribution in [0.15, 0.2) is 59.7 Å². The van der Waals surface area contributed by atoms with Gasteiger partial charge in [-0.25, -0.2) is 4.68 Å². The number of hydrogen-bond donors (Lipinski definition) is 1. The summed E-state index contributed by atoms with van der Waals surface area (Å²) in [5.41, 5.74) is 3.77. The highest BCUT2D eigenvalue weighted by molar-refractivity contribution is 5.57. The molecular formula is C19H21N3O. The Bertz CT molecular complexity index is 801. The average molecular weight is 307 g/mol. The molecule has 2 aromatic heterocycles. The second-order valence-corrected chi connectivity index (χ2v) is 5.71. The monoisotopic (exact) mass is 307 g/mol. The Kier molecular flexibility index (Phi) is 4.71. The van der Waals surface area contributed by atoms with Crippen LogP contribution in [0.1, 0.15) is 31.7 Å². The number of benzene rings is 1. The Labute approximate surface area is 135 Å². The number of nitrogens with zero attached hydrogens (tertiary/aromatic N) is 2. The Morgan fingerprint density at radius 1 is 1.13 bits per heavy atom. The maximum absolute atomic E-state index is 12.2. The van der Waals surface area contributed by atoms with Gasteiger partial charge in [-0.05, 0) is 42.7 Å². The molecule has 0 saturated heterocycles. The molecule has 0 radical (unpaired) electrons. The van der Waals surface area contributed by atoms with Crippen molar-refractivity contribution in [3.63, 3.8) is 0 Å². The number of H-pyrrole nitrogens is 1. The van der Waals surface area contributed by atoms with Gasteiger partial charge in [0.1, 0.15) is 0 Å². The molecule has 0 bridgehead atoms. The first-order chi connectivity index (χ1) is 11.3. The summed E-state index contributed by atoms with van der Waals surface area (Å²) in [5.74, 6) is 0. The van der Waals surface area contributed by atoms with Crippen LogP contribution in [0, 0.1) is 0 Å². The molecule has 0 spiro atoms. The van der Waals surface area contributed by atoms with E-state index in [0.29, 0.717) is 0 Å². The van der Waals surface area contributed by atoms with Gasteiger partial charge in [-0.15, -0.1) is 0 Å². The van der Waals surface area contributed by atoms with Crippen molar-refractivity contribution in [1.82, 2.24) is 14.8 Å². The van der Waals surface area contributed by atoms with Gasteiger partial charge in [0.2, 0.25) is 0 Å². The van der Waals surface area contributed by atoms with Gasteiger partial charge in [0.05, 0.1) is 11.4 Å². The summed E-state index contributed by atoms with van der Waals surface area (Å²) in [5, 5.41) is 3.15. The number of pyridine rings is 1. The molecular weight excluding hydrogens is 286 g/mol. The van der Waals surface area contributed by atoms with Crippen LogP contribution < -0.4 is 5.56 Å². The van der Waals surface area contributed by atoms with Crippen LogP contribution >= 0.6 is 0 Å². The van der Waals surface area contributed by atoms with E-state index in [1.807, 2.05) is 24.3 Å². The third-order valence-electron chi connectivity index (χ3n) is 3.96. The van der Waals surface area contributed by atoms with Gasteiger partial charge >= 0.3 is 0 Å². The van der Waals surface area contributed by atoms with Crippen molar-refractivity contribution in [2.75, 3.05) is 0 Å². The highest BCUT2D eigenvalue weighted by Gasteiger charge is 2.07. The molecule has 0 unspecified atom stereocenters. The fourth-order valence-electron chi connectivity index (χ4n) is 2.65. The van der Waals surface area contributed by atoms with Crippen LogP contribution in [-0.2, 0) is 6.42 Å². The Morgan fingerprint density at radius 2 is 1.96 bits per heavy atom. The van der Waals surface area contributed by atoms with Gasteiger partial charge < -0.3 is 0 Å². The van der Waals surface area contributed by atoms with Crippen molar-refractivity contribution in [2.45, 2.75) is 32.6 Å². The molecule has 0 fully saturated rings. The van der Waals surface area contributed by atoms with Crippen LogP contribution in [0.2, 0.25) is 0 Å². The molecule has 0 aliphatic heterocycles. The lowest BCUT2D eigenvalue weighted by Gasteiger charge is -2.05. The van der Waals surface area contributed by atoms with Crippen LogP contribution in [0.5, 0.6) is 0 Å². The normalized spacial score (nSPS) is 10.8. The molecule has 4 nitrogen and oxygen atoms in total. The van der Waals surface area contributed by atoms with E-state index in [2.05, 4.69) is 29.1 Å². The summed E-state index contributed by atoms with van der Waals surface area (Å²) < 4.78 is 1.57. The molecule has 2 heterocycles. The van der Waals surface area contributed by atoms with E-state index < -0.39 is 0 Å². The number of unbranched alkanes of at least 4 members (excludes halogenated alkanes) is 2. The molecule has 4 heteroatoms. The van der Waals surface area contributed by atoms with E-state index in [0.717, 1.165) is 23.4 Å². The average Bonchev–Trinajstić information content (AvgIpc) is 2.98. The molecule has 0 amide bonds. The van der Waals surface area contributed by atoms with Gasteiger partial charge in [0.15, 0.2) is 0 Å².